The Hall–Kier alpha value is -3.19. The Morgan fingerprint density at radius 2 is 1.72 bits per heavy atom. The first kappa shape index (κ1) is 23.5. The Labute approximate surface area is 186 Å². The zero-order chi connectivity index (χ0) is 23.3. The molecule has 1 aliphatic heterocycles. The van der Waals surface area contributed by atoms with E-state index in [1.165, 1.54) is 24.3 Å². The maximum Gasteiger partial charge on any atom is 0.323 e. The average molecular weight is 443 g/mol. The highest BCUT2D eigenvalue weighted by Gasteiger charge is 2.27. The number of hydrogen-bond donors (Lipinski definition) is 1. The van der Waals surface area contributed by atoms with Crippen molar-refractivity contribution in [2.75, 3.05) is 19.8 Å². The molecule has 170 valence electrons. The number of likely N-dealkylation sites (tertiary alicyclic amines) is 1. The molecule has 2 aromatic carbocycles. The highest BCUT2D eigenvalue weighted by atomic mass is 19.1. The largest absolute Gasteiger partial charge is 0.480 e. The van der Waals surface area contributed by atoms with Gasteiger partial charge >= 0.3 is 5.97 Å². The van der Waals surface area contributed by atoms with Crippen LogP contribution in [0.4, 0.5) is 8.78 Å². The second-order valence-electron chi connectivity index (χ2n) is 7.76. The Bertz CT molecular complexity index is 1070. The molecule has 0 amide bonds. The van der Waals surface area contributed by atoms with Crippen molar-refractivity contribution in [1.82, 2.24) is 9.47 Å². The third-order valence-electron chi connectivity index (χ3n) is 5.85. The summed E-state index contributed by atoms with van der Waals surface area (Å²) in [6.07, 6.45) is 1.74. The highest BCUT2D eigenvalue weighted by molar-refractivity contribution is 5.87. The molecule has 7 heteroatoms. The van der Waals surface area contributed by atoms with Crippen molar-refractivity contribution >= 4 is 16.9 Å². The number of ether oxygens (including phenoxy) is 1. The van der Waals surface area contributed by atoms with E-state index in [4.69, 9.17) is 4.74 Å². The standard InChI is InChI=1S/C23H24F2N2O3.C2H4/c1-15-23(20-12-18(25)4-7-21(20)27(15)13-22(28)29)16-8-10-26(11-9-16)14-30-19-5-2-17(24)3-6-19;1-2/h2-7,12,16H,8-11,13-14H2,1H3,(H,28,29);1-2H2. The third-order valence-corrected chi connectivity index (χ3v) is 5.85. The van der Waals surface area contributed by atoms with Crippen molar-refractivity contribution in [2.24, 2.45) is 0 Å². The summed E-state index contributed by atoms with van der Waals surface area (Å²) in [7, 11) is 0. The number of rotatable bonds is 6. The van der Waals surface area contributed by atoms with Crippen LogP contribution in [0.2, 0.25) is 0 Å². The van der Waals surface area contributed by atoms with Gasteiger partial charge in [-0.15, -0.1) is 13.2 Å². The van der Waals surface area contributed by atoms with E-state index in [-0.39, 0.29) is 24.1 Å². The summed E-state index contributed by atoms with van der Waals surface area (Å²) < 4.78 is 34.5. The fourth-order valence-corrected chi connectivity index (χ4v) is 4.38. The number of carbonyl (C=O) groups is 1. The average Bonchev–Trinajstić information content (AvgIpc) is 3.05. The van der Waals surface area contributed by atoms with Gasteiger partial charge in [-0.25, -0.2) is 8.78 Å². The molecule has 0 aliphatic carbocycles. The van der Waals surface area contributed by atoms with Crippen LogP contribution in [0.3, 0.4) is 0 Å². The van der Waals surface area contributed by atoms with E-state index in [0.717, 1.165) is 48.1 Å². The summed E-state index contributed by atoms with van der Waals surface area (Å²) in [4.78, 5) is 13.5. The fourth-order valence-electron chi connectivity index (χ4n) is 4.38. The van der Waals surface area contributed by atoms with Gasteiger partial charge in [-0.05, 0) is 73.7 Å². The van der Waals surface area contributed by atoms with E-state index >= 15 is 0 Å². The molecule has 1 fully saturated rings. The normalized spacial score (nSPS) is 14.7. The van der Waals surface area contributed by atoms with Gasteiger partial charge in [0.05, 0.1) is 0 Å². The van der Waals surface area contributed by atoms with Gasteiger partial charge in [0.15, 0.2) is 0 Å². The zero-order valence-corrected chi connectivity index (χ0v) is 18.2. The first-order valence-electron chi connectivity index (χ1n) is 10.5. The number of carboxylic acids is 1. The number of carboxylic acid groups (broad SMARTS) is 1. The van der Waals surface area contributed by atoms with Gasteiger partial charge in [-0.2, -0.15) is 0 Å². The van der Waals surface area contributed by atoms with Crippen molar-refractivity contribution in [3.8, 4) is 5.75 Å². The van der Waals surface area contributed by atoms with E-state index in [1.807, 2.05) is 6.92 Å². The second kappa shape index (κ2) is 10.4. The smallest absolute Gasteiger partial charge is 0.323 e. The molecule has 0 bridgehead atoms. The number of aliphatic carboxylic acids is 1. The minimum absolute atomic E-state index is 0.141. The predicted octanol–water partition coefficient (Wildman–Crippen LogP) is 5.33. The van der Waals surface area contributed by atoms with Crippen molar-refractivity contribution < 1.29 is 23.4 Å². The molecule has 0 atom stereocenters. The summed E-state index contributed by atoms with van der Waals surface area (Å²) >= 11 is 0. The lowest BCUT2D eigenvalue weighted by molar-refractivity contribution is -0.137. The minimum atomic E-state index is -0.918. The molecule has 1 saturated heterocycles. The van der Waals surface area contributed by atoms with E-state index < -0.39 is 5.97 Å². The van der Waals surface area contributed by atoms with Crippen LogP contribution in [0.25, 0.3) is 10.9 Å². The van der Waals surface area contributed by atoms with Crippen LogP contribution >= 0.6 is 0 Å². The van der Waals surface area contributed by atoms with E-state index in [1.54, 1.807) is 22.8 Å². The van der Waals surface area contributed by atoms with Crippen LogP contribution in [0.1, 0.15) is 30.0 Å². The molecule has 0 saturated carbocycles. The quantitative estimate of drug-likeness (QED) is 0.524. The SMILES string of the molecule is C=C.Cc1c(C2CCN(COc3ccc(F)cc3)CC2)c2cc(F)ccc2n1CC(=O)O. The van der Waals surface area contributed by atoms with Gasteiger partial charge in [0.25, 0.3) is 0 Å². The fraction of sp³-hybridized carbons (Fsp3) is 0.320. The first-order valence-corrected chi connectivity index (χ1v) is 10.5. The Morgan fingerprint density at radius 3 is 2.34 bits per heavy atom. The molecule has 4 rings (SSSR count). The van der Waals surface area contributed by atoms with Gasteiger partial charge in [0.1, 0.15) is 30.7 Å². The maximum absolute atomic E-state index is 14.0. The van der Waals surface area contributed by atoms with Gasteiger partial charge in [0, 0.05) is 29.7 Å². The first-order chi connectivity index (χ1) is 15.4. The Morgan fingerprint density at radius 1 is 1.09 bits per heavy atom. The number of halogens is 2. The molecule has 2 heterocycles. The molecule has 1 N–H and O–H groups in total. The van der Waals surface area contributed by atoms with E-state index in [2.05, 4.69) is 18.1 Å². The molecule has 3 aromatic rings. The van der Waals surface area contributed by atoms with Gasteiger partial charge in [0.2, 0.25) is 0 Å². The van der Waals surface area contributed by atoms with Crippen LogP contribution in [0, 0.1) is 18.6 Å². The Balaban J connectivity index is 0.00000141. The molecule has 32 heavy (non-hydrogen) atoms. The monoisotopic (exact) mass is 442 g/mol. The van der Waals surface area contributed by atoms with Crippen LogP contribution < -0.4 is 4.74 Å². The van der Waals surface area contributed by atoms with Gasteiger partial charge in [-0.3, -0.25) is 9.69 Å². The van der Waals surface area contributed by atoms with Crippen molar-refractivity contribution in [1.29, 1.82) is 0 Å². The number of hydrogen-bond acceptors (Lipinski definition) is 3. The number of nitrogens with zero attached hydrogens (tertiary/aromatic N) is 2. The van der Waals surface area contributed by atoms with Gasteiger partial charge < -0.3 is 14.4 Å². The highest BCUT2D eigenvalue weighted by Crippen LogP contribution is 2.37. The molecular formula is C25H28F2N2O3. The van der Waals surface area contributed by atoms with Gasteiger partial charge in [-0.1, -0.05) is 0 Å². The lowest BCUT2D eigenvalue weighted by Gasteiger charge is -2.32. The number of benzene rings is 2. The van der Waals surface area contributed by atoms with Crippen LogP contribution in [0.5, 0.6) is 5.75 Å². The van der Waals surface area contributed by atoms with Crippen LogP contribution in [-0.4, -0.2) is 40.4 Å². The molecule has 1 aliphatic rings. The molecule has 5 nitrogen and oxygen atoms in total. The van der Waals surface area contributed by atoms with Crippen LogP contribution in [0.15, 0.2) is 55.6 Å². The predicted molar refractivity (Wildman–Crippen MR) is 121 cm³/mol. The Kier molecular flexibility index (Phi) is 7.64. The summed E-state index contributed by atoms with van der Waals surface area (Å²) in [6.45, 7) is 9.82. The minimum Gasteiger partial charge on any atom is -0.480 e. The van der Waals surface area contributed by atoms with Crippen LogP contribution in [-0.2, 0) is 11.3 Å². The van der Waals surface area contributed by atoms with Crippen molar-refractivity contribution in [2.45, 2.75) is 32.2 Å². The molecular weight excluding hydrogens is 414 g/mol. The molecule has 0 unspecified atom stereocenters. The molecule has 1 aromatic heterocycles. The maximum atomic E-state index is 14.0. The zero-order valence-electron chi connectivity index (χ0n) is 18.2. The second-order valence-corrected chi connectivity index (χ2v) is 7.76. The topological polar surface area (TPSA) is 54.7 Å². The van der Waals surface area contributed by atoms with Crippen molar-refractivity contribution in [3.63, 3.8) is 0 Å². The van der Waals surface area contributed by atoms with E-state index in [9.17, 15) is 18.7 Å². The summed E-state index contributed by atoms with van der Waals surface area (Å²) in [6, 6.07) is 10.5. The number of aromatic nitrogens is 1. The van der Waals surface area contributed by atoms with E-state index in [0.29, 0.717) is 12.5 Å². The summed E-state index contributed by atoms with van der Waals surface area (Å²) in [5, 5.41) is 10.1. The lowest BCUT2D eigenvalue weighted by Crippen LogP contribution is -2.35. The molecule has 0 radical (unpaired) electrons. The van der Waals surface area contributed by atoms with Crippen molar-refractivity contribution in [3.05, 3.63) is 78.5 Å². The lowest BCUT2D eigenvalue weighted by atomic mass is 9.87. The molecule has 0 spiro atoms. The number of piperidine rings is 1. The summed E-state index contributed by atoms with van der Waals surface area (Å²) in [5.41, 5.74) is 2.69. The summed E-state index contributed by atoms with van der Waals surface area (Å²) in [5.74, 6) is -0.676. The number of fused-ring (bicyclic) bond motifs is 1. The third kappa shape index (κ3) is 5.16.